The predicted molar refractivity (Wildman–Crippen MR) is 118 cm³/mol. The Labute approximate surface area is 167 Å². The van der Waals surface area contributed by atoms with Crippen molar-refractivity contribution < 1.29 is 9.59 Å². The van der Waals surface area contributed by atoms with E-state index < -0.39 is 0 Å². The standard InChI is InChI=1S/C16H36N.C8H17O/c1-5-9-13-17(14-10-6-2,15-11-7-3)16-12-8-4;1-2-3-4-5-6-7-8-9/h5-16H2,1-4H3;2-8H2,1H3/q+1;-1. The third-order valence-electron chi connectivity index (χ3n) is 5.44. The zero-order valence-corrected chi connectivity index (χ0v) is 19.3. The summed E-state index contributed by atoms with van der Waals surface area (Å²) < 4.78 is 1.42. The Morgan fingerprint density at radius 3 is 1.04 bits per heavy atom. The first-order chi connectivity index (χ1) is 12.7. The van der Waals surface area contributed by atoms with Gasteiger partial charge in [-0.3, -0.25) is 0 Å². The molecule has 0 atom stereocenters. The molecule has 0 spiro atoms. The van der Waals surface area contributed by atoms with Gasteiger partial charge < -0.3 is 9.59 Å². The van der Waals surface area contributed by atoms with Crippen molar-refractivity contribution in [2.45, 2.75) is 125 Å². The van der Waals surface area contributed by atoms with E-state index in [-0.39, 0.29) is 6.61 Å². The molecule has 0 N–H and O–H groups in total. The molecule has 0 unspecified atom stereocenters. The molecule has 26 heavy (non-hydrogen) atoms. The van der Waals surface area contributed by atoms with Crippen LogP contribution in [-0.4, -0.2) is 37.3 Å². The van der Waals surface area contributed by atoms with Crippen LogP contribution in [0.1, 0.15) is 125 Å². The van der Waals surface area contributed by atoms with Crippen molar-refractivity contribution in [1.82, 2.24) is 0 Å². The molecule has 0 aromatic heterocycles. The van der Waals surface area contributed by atoms with Crippen LogP contribution in [0.15, 0.2) is 0 Å². The van der Waals surface area contributed by atoms with E-state index in [4.69, 9.17) is 0 Å². The summed E-state index contributed by atoms with van der Waals surface area (Å²) in [5.41, 5.74) is 0. The third-order valence-corrected chi connectivity index (χ3v) is 5.44. The van der Waals surface area contributed by atoms with Crippen molar-refractivity contribution in [3.63, 3.8) is 0 Å². The molecule has 2 heteroatoms. The highest BCUT2D eigenvalue weighted by molar-refractivity contribution is 4.49. The summed E-state index contributed by atoms with van der Waals surface area (Å²) in [7, 11) is 0. The molecule has 2 nitrogen and oxygen atoms in total. The van der Waals surface area contributed by atoms with E-state index in [2.05, 4.69) is 34.6 Å². The lowest BCUT2D eigenvalue weighted by Gasteiger charge is -2.39. The predicted octanol–water partition coefficient (Wildman–Crippen LogP) is 6.71. The molecule has 0 aromatic rings. The van der Waals surface area contributed by atoms with Gasteiger partial charge in [0.25, 0.3) is 0 Å². The zero-order chi connectivity index (χ0) is 19.9. The second-order valence-corrected chi connectivity index (χ2v) is 8.12. The number of hydrogen-bond donors (Lipinski definition) is 0. The molecule has 160 valence electrons. The molecule has 0 radical (unpaired) electrons. The van der Waals surface area contributed by atoms with Crippen molar-refractivity contribution in [2.24, 2.45) is 0 Å². The minimum absolute atomic E-state index is 0.117. The second-order valence-electron chi connectivity index (χ2n) is 8.12. The lowest BCUT2D eigenvalue weighted by atomic mass is 10.1. The largest absolute Gasteiger partial charge is 0.854 e. The quantitative estimate of drug-likeness (QED) is 0.194. The van der Waals surface area contributed by atoms with E-state index >= 15 is 0 Å². The summed E-state index contributed by atoms with van der Waals surface area (Å²) in [5, 5.41) is 9.96. The molecular weight excluding hydrogens is 318 g/mol. The maximum atomic E-state index is 9.96. The third kappa shape index (κ3) is 18.7. The minimum Gasteiger partial charge on any atom is -0.854 e. The van der Waals surface area contributed by atoms with E-state index in [1.807, 2.05) is 0 Å². The van der Waals surface area contributed by atoms with Gasteiger partial charge >= 0.3 is 0 Å². The van der Waals surface area contributed by atoms with Gasteiger partial charge in [-0.25, -0.2) is 0 Å². The second kappa shape index (κ2) is 23.0. The van der Waals surface area contributed by atoms with Crippen LogP contribution in [-0.2, 0) is 0 Å². The van der Waals surface area contributed by atoms with Crippen molar-refractivity contribution in [3.8, 4) is 0 Å². The van der Waals surface area contributed by atoms with E-state index in [0.29, 0.717) is 0 Å². The average Bonchev–Trinajstić information content (AvgIpc) is 2.67. The molecule has 0 fully saturated rings. The molecule has 0 aliphatic rings. The van der Waals surface area contributed by atoms with E-state index in [1.54, 1.807) is 0 Å². The number of nitrogens with zero attached hydrogens (tertiary/aromatic N) is 1. The fourth-order valence-electron chi connectivity index (χ4n) is 3.53. The average molecular weight is 372 g/mol. The van der Waals surface area contributed by atoms with Crippen LogP contribution in [0.4, 0.5) is 0 Å². The molecule has 0 saturated heterocycles. The van der Waals surface area contributed by atoms with E-state index in [9.17, 15) is 5.11 Å². The maximum Gasteiger partial charge on any atom is 0.0786 e. The Hall–Kier alpha value is -0.0800. The summed E-state index contributed by atoms with van der Waals surface area (Å²) in [5.74, 6) is 0. The van der Waals surface area contributed by atoms with Crippen LogP contribution in [0, 0.1) is 0 Å². The van der Waals surface area contributed by atoms with Crippen molar-refractivity contribution >= 4 is 0 Å². The van der Waals surface area contributed by atoms with Gasteiger partial charge in [-0.15, -0.1) is 6.61 Å². The van der Waals surface area contributed by atoms with Gasteiger partial charge in [-0.05, 0) is 25.7 Å². The SMILES string of the molecule is CCCCCCCC[O-].CCCC[N+](CCCC)(CCCC)CCCC. The first kappa shape index (κ1) is 28.1. The molecule has 0 amide bonds. The Kier molecular flexibility index (Phi) is 24.8. The van der Waals surface area contributed by atoms with Crippen LogP contribution in [0.25, 0.3) is 0 Å². The zero-order valence-electron chi connectivity index (χ0n) is 19.3. The normalized spacial score (nSPS) is 11.3. The first-order valence-corrected chi connectivity index (χ1v) is 12.1. The summed E-state index contributed by atoms with van der Waals surface area (Å²) >= 11 is 0. The fraction of sp³-hybridized carbons (Fsp3) is 1.00. The molecule has 0 aromatic carbocycles. The van der Waals surface area contributed by atoms with E-state index in [0.717, 1.165) is 12.8 Å². The Balaban J connectivity index is 0. The van der Waals surface area contributed by atoms with Gasteiger partial charge in [0.1, 0.15) is 0 Å². The molecule has 0 aliphatic heterocycles. The Morgan fingerprint density at radius 1 is 0.423 bits per heavy atom. The number of quaternary nitrogens is 1. The molecule has 0 heterocycles. The van der Waals surface area contributed by atoms with E-state index in [1.165, 1.54) is 108 Å². The van der Waals surface area contributed by atoms with Crippen LogP contribution in [0.2, 0.25) is 0 Å². The number of unbranched alkanes of at least 4 members (excludes halogenated alkanes) is 9. The molecule has 0 saturated carbocycles. The number of hydrogen-bond acceptors (Lipinski definition) is 1. The summed E-state index contributed by atoms with van der Waals surface area (Å²) in [6.07, 6.45) is 18.3. The van der Waals surface area contributed by atoms with Crippen LogP contribution < -0.4 is 5.11 Å². The molecule has 0 aliphatic carbocycles. The smallest absolute Gasteiger partial charge is 0.0786 e. The highest BCUT2D eigenvalue weighted by Gasteiger charge is 2.24. The highest BCUT2D eigenvalue weighted by Crippen LogP contribution is 2.16. The van der Waals surface area contributed by atoms with Gasteiger partial charge in [0, 0.05) is 0 Å². The molecule has 0 rings (SSSR count). The minimum atomic E-state index is 0.117. The fourth-order valence-corrected chi connectivity index (χ4v) is 3.53. The Bertz CT molecular complexity index is 199. The summed E-state index contributed by atoms with van der Waals surface area (Å²) in [6.45, 7) is 17.3. The Morgan fingerprint density at radius 2 is 0.731 bits per heavy atom. The lowest BCUT2D eigenvalue weighted by Crippen LogP contribution is -2.50. The van der Waals surface area contributed by atoms with Gasteiger partial charge in [0.05, 0.1) is 26.2 Å². The van der Waals surface area contributed by atoms with Crippen molar-refractivity contribution in [1.29, 1.82) is 0 Å². The van der Waals surface area contributed by atoms with Gasteiger partial charge in [-0.1, -0.05) is 98.8 Å². The first-order valence-electron chi connectivity index (χ1n) is 12.1. The molecular formula is C24H53NO. The maximum absolute atomic E-state index is 9.96. The summed E-state index contributed by atoms with van der Waals surface area (Å²) in [4.78, 5) is 0. The lowest BCUT2D eigenvalue weighted by molar-refractivity contribution is -0.929. The van der Waals surface area contributed by atoms with Gasteiger partial charge in [-0.2, -0.15) is 0 Å². The monoisotopic (exact) mass is 371 g/mol. The van der Waals surface area contributed by atoms with Crippen LogP contribution >= 0.6 is 0 Å². The van der Waals surface area contributed by atoms with Crippen LogP contribution in [0.5, 0.6) is 0 Å². The summed E-state index contributed by atoms with van der Waals surface area (Å²) in [6, 6.07) is 0. The molecule has 0 bridgehead atoms. The number of rotatable bonds is 18. The van der Waals surface area contributed by atoms with Crippen molar-refractivity contribution in [2.75, 3.05) is 32.8 Å². The van der Waals surface area contributed by atoms with Crippen molar-refractivity contribution in [3.05, 3.63) is 0 Å². The van der Waals surface area contributed by atoms with Gasteiger partial charge in [0.2, 0.25) is 0 Å². The topological polar surface area (TPSA) is 23.1 Å². The van der Waals surface area contributed by atoms with Crippen LogP contribution in [0.3, 0.4) is 0 Å². The van der Waals surface area contributed by atoms with Gasteiger partial charge in [0.15, 0.2) is 0 Å². The highest BCUT2D eigenvalue weighted by atomic mass is 16.2.